The molecule has 2 aromatic rings. The van der Waals surface area contributed by atoms with E-state index in [-0.39, 0.29) is 18.5 Å². The van der Waals surface area contributed by atoms with Crippen LogP contribution in [0.3, 0.4) is 0 Å². The van der Waals surface area contributed by atoms with Gasteiger partial charge in [0.1, 0.15) is 5.75 Å². The third-order valence-corrected chi connectivity index (χ3v) is 4.95. The van der Waals surface area contributed by atoms with Crippen LogP contribution < -0.4 is 15.4 Å². The quantitative estimate of drug-likeness (QED) is 0.513. The van der Waals surface area contributed by atoms with Crippen LogP contribution in [0.4, 0.5) is 0 Å². The standard InChI is InChI=1S/C19H23ClN2O2S/c1-14(17-5-3-4-6-18(17)24-2)22-13-19(23)21-11-12-25-16-9-7-15(20)8-10-16/h3-10,14,22H,11-13H2,1-2H3,(H,21,23). The van der Waals surface area contributed by atoms with Gasteiger partial charge in [0.05, 0.1) is 13.7 Å². The van der Waals surface area contributed by atoms with Crippen LogP contribution in [0.15, 0.2) is 53.4 Å². The van der Waals surface area contributed by atoms with Crippen molar-refractivity contribution in [3.63, 3.8) is 0 Å². The Kier molecular flexibility index (Phi) is 8.12. The summed E-state index contributed by atoms with van der Waals surface area (Å²) < 4.78 is 5.35. The summed E-state index contributed by atoms with van der Waals surface area (Å²) in [6.45, 7) is 2.91. The molecule has 0 aromatic heterocycles. The fraction of sp³-hybridized carbons (Fsp3) is 0.316. The molecule has 0 spiro atoms. The van der Waals surface area contributed by atoms with Crippen molar-refractivity contribution in [2.24, 2.45) is 0 Å². The first-order valence-electron chi connectivity index (χ1n) is 8.11. The van der Waals surface area contributed by atoms with Gasteiger partial charge in [-0.1, -0.05) is 29.8 Å². The Morgan fingerprint density at radius 3 is 2.64 bits per heavy atom. The zero-order chi connectivity index (χ0) is 18.1. The highest BCUT2D eigenvalue weighted by Gasteiger charge is 2.11. The van der Waals surface area contributed by atoms with Crippen LogP contribution in [0.25, 0.3) is 0 Å². The summed E-state index contributed by atoms with van der Waals surface area (Å²) in [5.74, 6) is 1.62. The summed E-state index contributed by atoms with van der Waals surface area (Å²) in [6.07, 6.45) is 0. The van der Waals surface area contributed by atoms with E-state index >= 15 is 0 Å². The molecule has 1 unspecified atom stereocenters. The van der Waals surface area contributed by atoms with Crippen LogP contribution in [0.5, 0.6) is 5.75 Å². The molecule has 1 amide bonds. The van der Waals surface area contributed by atoms with Gasteiger partial charge in [-0.25, -0.2) is 0 Å². The number of halogens is 1. The maximum Gasteiger partial charge on any atom is 0.234 e. The minimum Gasteiger partial charge on any atom is -0.496 e. The number of hydrogen-bond donors (Lipinski definition) is 2. The average Bonchev–Trinajstić information content (AvgIpc) is 2.64. The molecule has 0 aliphatic rings. The Labute approximate surface area is 158 Å². The van der Waals surface area contributed by atoms with Crippen molar-refractivity contribution in [3.8, 4) is 5.75 Å². The van der Waals surface area contributed by atoms with Gasteiger partial charge in [-0.05, 0) is 37.3 Å². The molecule has 2 rings (SSSR count). The van der Waals surface area contributed by atoms with Crippen molar-refractivity contribution in [1.82, 2.24) is 10.6 Å². The predicted octanol–water partition coefficient (Wildman–Crippen LogP) is 3.91. The lowest BCUT2D eigenvalue weighted by atomic mass is 10.1. The first-order chi connectivity index (χ1) is 12.1. The minimum atomic E-state index is -0.0153. The van der Waals surface area contributed by atoms with Gasteiger partial charge in [0.2, 0.25) is 5.91 Å². The summed E-state index contributed by atoms with van der Waals surface area (Å²) in [4.78, 5) is 13.1. The van der Waals surface area contributed by atoms with E-state index in [1.54, 1.807) is 18.9 Å². The number of para-hydroxylation sites is 1. The highest BCUT2D eigenvalue weighted by atomic mass is 35.5. The zero-order valence-electron chi connectivity index (χ0n) is 14.4. The van der Waals surface area contributed by atoms with Crippen LogP contribution in [0, 0.1) is 0 Å². The van der Waals surface area contributed by atoms with Crippen LogP contribution in [-0.4, -0.2) is 31.9 Å². The summed E-state index contributed by atoms with van der Waals surface area (Å²) in [5, 5.41) is 6.87. The van der Waals surface area contributed by atoms with Gasteiger partial charge < -0.3 is 15.4 Å². The van der Waals surface area contributed by atoms with E-state index in [9.17, 15) is 4.79 Å². The molecule has 0 aliphatic heterocycles. The third-order valence-electron chi connectivity index (χ3n) is 3.68. The molecule has 0 aliphatic carbocycles. The maximum absolute atomic E-state index is 12.0. The molecule has 0 radical (unpaired) electrons. The van der Waals surface area contributed by atoms with Crippen LogP contribution in [0.1, 0.15) is 18.5 Å². The second-order valence-electron chi connectivity index (χ2n) is 5.50. The molecule has 0 bridgehead atoms. The molecule has 0 heterocycles. The number of rotatable bonds is 9. The number of carbonyl (C=O) groups excluding carboxylic acids is 1. The normalized spacial score (nSPS) is 11.8. The Bertz CT molecular complexity index is 679. The first kappa shape index (κ1) is 19.6. The molecule has 1 atom stereocenters. The monoisotopic (exact) mass is 378 g/mol. The Morgan fingerprint density at radius 2 is 1.92 bits per heavy atom. The third kappa shape index (κ3) is 6.61. The van der Waals surface area contributed by atoms with Crippen molar-refractivity contribution in [3.05, 3.63) is 59.1 Å². The van der Waals surface area contributed by atoms with E-state index in [0.717, 1.165) is 27.0 Å². The lowest BCUT2D eigenvalue weighted by molar-refractivity contribution is -0.120. The lowest BCUT2D eigenvalue weighted by Gasteiger charge is -2.17. The van der Waals surface area contributed by atoms with Crippen LogP contribution in [0.2, 0.25) is 5.02 Å². The van der Waals surface area contributed by atoms with Gasteiger partial charge in [0.25, 0.3) is 0 Å². The molecular formula is C19H23ClN2O2S. The number of carbonyl (C=O) groups is 1. The van der Waals surface area contributed by atoms with E-state index in [2.05, 4.69) is 10.6 Å². The largest absolute Gasteiger partial charge is 0.496 e. The maximum atomic E-state index is 12.0. The molecule has 2 aromatic carbocycles. The summed E-state index contributed by atoms with van der Waals surface area (Å²) in [6, 6.07) is 15.5. The molecule has 2 N–H and O–H groups in total. The predicted molar refractivity (Wildman–Crippen MR) is 105 cm³/mol. The summed E-state index contributed by atoms with van der Waals surface area (Å²) in [7, 11) is 1.65. The average molecular weight is 379 g/mol. The van der Waals surface area contributed by atoms with E-state index < -0.39 is 0 Å². The fourth-order valence-corrected chi connectivity index (χ4v) is 3.23. The Balaban J connectivity index is 1.67. The highest BCUT2D eigenvalue weighted by Crippen LogP contribution is 2.24. The minimum absolute atomic E-state index is 0.0153. The fourth-order valence-electron chi connectivity index (χ4n) is 2.33. The van der Waals surface area contributed by atoms with Gasteiger partial charge in [0, 0.05) is 33.8 Å². The number of methoxy groups -OCH3 is 1. The van der Waals surface area contributed by atoms with Crippen molar-refractivity contribution in [2.75, 3.05) is 26.0 Å². The lowest BCUT2D eigenvalue weighted by Crippen LogP contribution is -2.36. The number of thioether (sulfide) groups is 1. The van der Waals surface area contributed by atoms with Gasteiger partial charge in [-0.15, -0.1) is 11.8 Å². The van der Waals surface area contributed by atoms with Gasteiger partial charge >= 0.3 is 0 Å². The molecule has 4 nitrogen and oxygen atoms in total. The van der Waals surface area contributed by atoms with Crippen molar-refractivity contribution >= 4 is 29.3 Å². The van der Waals surface area contributed by atoms with Crippen LogP contribution >= 0.6 is 23.4 Å². The van der Waals surface area contributed by atoms with E-state index in [1.807, 2.05) is 55.5 Å². The molecular weight excluding hydrogens is 356 g/mol. The van der Waals surface area contributed by atoms with E-state index in [0.29, 0.717) is 6.54 Å². The molecule has 0 fully saturated rings. The molecule has 134 valence electrons. The highest BCUT2D eigenvalue weighted by molar-refractivity contribution is 7.99. The summed E-state index contributed by atoms with van der Waals surface area (Å²) >= 11 is 7.54. The number of amides is 1. The Hall–Kier alpha value is -1.69. The smallest absolute Gasteiger partial charge is 0.234 e. The molecule has 0 saturated heterocycles. The first-order valence-corrected chi connectivity index (χ1v) is 9.48. The van der Waals surface area contributed by atoms with Gasteiger partial charge in [-0.3, -0.25) is 4.79 Å². The topological polar surface area (TPSA) is 50.4 Å². The summed E-state index contributed by atoms with van der Waals surface area (Å²) in [5.41, 5.74) is 1.04. The molecule has 0 saturated carbocycles. The number of benzene rings is 2. The van der Waals surface area contributed by atoms with Gasteiger partial charge in [0.15, 0.2) is 0 Å². The SMILES string of the molecule is COc1ccccc1C(C)NCC(=O)NCCSc1ccc(Cl)cc1. The van der Waals surface area contributed by atoms with Crippen molar-refractivity contribution in [1.29, 1.82) is 0 Å². The molecule has 25 heavy (non-hydrogen) atoms. The van der Waals surface area contributed by atoms with E-state index in [1.165, 1.54) is 0 Å². The second kappa shape index (κ2) is 10.3. The number of hydrogen-bond acceptors (Lipinski definition) is 4. The van der Waals surface area contributed by atoms with Crippen LogP contribution in [-0.2, 0) is 4.79 Å². The molecule has 6 heteroatoms. The second-order valence-corrected chi connectivity index (χ2v) is 7.10. The van der Waals surface area contributed by atoms with Crippen molar-refractivity contribution < 1.29 is 9.53 Å². The Morgan fingerprint density at radius 1 is 1.20 bits per heavy atom. The van der Waals surface area contributed by atoms with Crippen molar-refractivity contribution in [2.45, 2.75) is 17.9 Å². The zero-order valence-corrected chi connectivity index (χ0v) is 16.0. The van der Waals surface area contributed by atoms with E-state index in [4.69, 9.17) is 16.3 Å². The number of ether oxygens (including phenoxy) is 1. The number of nitrogens with one attached hydrogen (secondary N) is 2. The van der Waals surface area contributed by atoms with Gasteiger partial charge in [-0.2, -0.15) is 0 Å².